The molecule has 5 N–H and O–H groups in total. The molecule has 1 unspecified atom stereocenters. The van der Waals surface area contributed by atoms with Crippen molar-refractivity contribution in [2.24, 2.45) is 5.16 Å². The molecule has 1 saturated heterocycles. The molecule has 2 amide bonds. The number of aliphatic carboxylic acids is 2. The molecule has 2 atom stereocenters. The number of carboxylic acids is 2. The highest BCUT2D eigenvalue weighted by molar-refractivity contribution is 8.00. The number of oxime groups is 1. The number of β-lactam (4-membered cyclic amide) rings is 1. The number of esters is 1. The van der Waals surface area contributed by atoms with Gasteiger partial charge in [0.2, 0.25) is 6.61 Å². The summed E-state index contributed by atoms with van der Waals surface area (Å²) < 4.78 is 4.86. The summed E-state index contributed by atoms with van der Waals surface area (Å²) in [4.78, 5) is 68.5. The zero-order valence-electron chi connectivity index (χ0n) is 16.8. The number of nitrogens with two attached hydrogens (primary N) is 1. The standard InChI is InChI=1S/C17H17N5O9S2/c1-6(23)30-2-7-4-32-15-11(14(27)22(15)12(7)16(28)29)20-13(26)10(21-31-3-9(24)25)8-5-33-17(18)19-8/h5,11,15H,2-4H2,1H3,(H2,18,19)(H,20,26)(H,24,25)(H,28,29)/b21-10-/t11?,15-/m1/s1. The third-order valence-electron chi connectivity index (χ3n) is 4.31. The number of carboxylic acid groups (broad SMARTS) is 2. The van der Waals surface area contributed by atoms with Gasteiger partial charge in [-0.1, -0.05) is 5.16 Å². The van der Waals surface area contributed by atoms with Crippen LogP contribution in [0.3, 0.4) is 0 Å². The van der Waals surface area contributed by atoms with Gasteiger partial charge in [0.25, 0.3) is 11.8 Å². The molecule has 1 aromatic rings. The van der Waals surface area contributed by atoms with Crippen LogP contribution < -0.4 is 11.1 Å². The summed E-state index contributed by atoms with van der Waals surface area (Å²) in [6, 6.07) is -1.09. The Bertz CT molecular complexity index is 1080. The average Bonchev–Trinajstić information content (AvgIpc) is 3.17. The lowest BCUT2D eigenvalue weighted by molar-refractivity contribution is -0.150. The van der Waals surface area contributed by atoms with Crippen LogP contribution in [0.4, 0.5) is 5.13 Å². The molecular weight excluding hydrogens is 482 g/mol. The predicted molar refractivity (Wildman–Crippen MR) is 113 cm³/mol. The number of ether oxygens (including phenoxy) is 1. The lowest BCUT2D eigenvalue weighted by Gasteiger charge is -2.49. The normalized spacial score (nSPS) is 20.0. The number of amides is 2. The number of nitrogens with one attached hydrogen (secondary N) is 1. The fourth-order valence-electron chi connectivity index (χ4n) is 2.95. The molecule has 3 rings (SSSR count). The Morgan fingerprint density at radius 3 is 2.67 bits per heavy atom. The van der Waals surface area contributed by atoms with Gasteiger partial charge in [-0.25, -0.2) is 14.6 Å². The molecular formula is C17H17N5O9S2. The molecule has 33 heavy (non-hydrogen) atoms. The van der Waals surface area contributed by atoms with E-state index < -0.39 is 53.5 Å². The quantitative estimate of drug-likeness (QED) is 0.137. The second kappa shape index (κ2) is 9.86. The highest BCUT2D eigenvalue weighted by Gasteiger charge is 2.54. The Morgan fingerprint density at radius 1 is 1.36 bits per heavy atom. The number of rotatable bonds is 9. The number of hydrogen-bond acceptors (Lipinski definition) is 12. The number of aromatic nitrogens is 1. The van der Waals surface area contributed by atoms with Crippen LogP contribution in [-0.4, -0.2) is 85.9 Å². The fraction of sp³-hybridized carbons (Fsp3) is 0.353. The van der Waals surface area contributed by atoms with Crippen molar-refractivity contribution >= 4 is 63.7 Å². The van der Waals surface area contributed by atoms with E-state index in [1.165, 1.54) is 24.1 Å². The van der Waals surface area contributed by atoms with Crippen molar-refractivity contribution in [2.75, 3.05) is 24.7 Å². The van der Waals surface area contributed by atoms with E-state index >= 15 is 0 Å². The summed E-state index contributed by atoms with van der Waals surface area (Å²) in [6.07, 6.45) is 0. The van der Waals surface area contributed by atoms with Crippen LogP contribution in [0.2, 0.25) is 0 Å². The number of anilines is 1. The monoisotopic (exact) mass is 499 g/mol. The maximum absolute atomic E-state index is 12.8. The number of carbonyl (C=O) groups excluding carboxylic acids is 3. The van der Waals surface area contributed by atoms with Gasteiger partial charge in [0, 0.05) is 23.6 Å². The zero-order chi connectivity index (χ0) is 24.3. The summed E-state index contributed by atoms with van der Waals surface area (Å²) in [5.41, 5.74) is 5.12. The summed E-state index contributed by atoms with van der Waals surface area (Å²) in [6.45, 7) is 0.0821. The highest BCUT2D eigenvalue weighted by atomic mass is 32.2. The minimum atomic E-state index is -1.37. The summed E-state index contributed by atoms with van der Waals surface area (Å²) in [5.74, 6) is -4.72. The molecule has 2 aliphatic rings. The Labute approximate surface area is 193 Å². The minimum absolute atomic E-state index is 0.00935. The maximum atomic E-state index is 12.8. The van der Waals surface area contributed by atoms with E-state index in [4.69, 9.17) is 15.6 Å². The van der Waals surface area contributed by atoms with E-state index in [1.807, 2.05) is 0 Å². The van der Waals surface area contributed by atoms with E-state index in [2.05, 4.69) is 20.3 Å². The van der Waals surface area contributed by atoms with Gasteiger partial charge in [0.15, 0.2) is 10.8 Å². The molecule has 14 nitrogen and oxygen atoms in total. The first-order valence-electron chi connectivity index (χ1n) is 9.07. The van der Waals surface area contributed by atoms with E-state index in [1.54, 1.807) is 0 Å². The molecule has 3 heterocycles. The summed E-state index contributed by atoms with van der Waals surface area (Å²) in [5, 5.41) is 25.0. The van der Waals surface area contributed by atoms with Gasteiger partial charge in [-0.2, -0.15) is 0 Å². The van der Waals surface area contributed by atoms with E-state index in [9.17, 15) is 29.1 Å². The first-order valence-corrected chi connectivity index (χ1v) is 11.0. The maximum Gasteiger partial charge on any atom is 0.352 e. The van der Waals surface area contributed by atoms with Gasteiger partial charge in [-0.3, -0.25) is 19.3 Å². The molecule has 0 saturated carbocycles. The molecule has 1 fully saturated rings. The Morgan fingerprint density at radius 2 is 2.09 bits per heavy atom. The van der Waals surface area contributed by atoms with Crippen molar-refractivity contribution < 1.29 is 43.8 Å². The van der Waals surface area contributed by atoms with Crippen LogP contribution in [-0.2, 0) is 33.5 Å². The lowest BCUT2D eigenvalue weighted by atomic mass is 10.0. The number of hydrogen-bond donors (Lipinski definition) is 4. The van der Waals surface area contributed by atoms with Crippen LogP contribution >= 0.6 is 23.1 Å². The molecule has 176 valence electrons. The fourth-order valence-corrected chi connectivity index (χ4v) is 4.82. The molecule has 2 aliphatic heterocycles. The molecule has 0 bridgehead atoms. The van der Waals surface area contributed by atoms with Crippen LogP contribution in [0.25, 0.3) is 0 Å². The minimum Gasteiger partial charge on any atom is -0.479 e. The number of nitrogens with zero attached hydrogens (tertiary/aromatic N) is 3. The van der Waals surface area contributed by atoms with Gasteiger partial charge < -0.3 is 30.8 Å². The number of carbonyl (C=O) groups is 5. The second-order valence-electron chi connectivity index (χ2n) is 6.58. The van der Waals surface area contributed by atoms with Gasteiger partial charge in [0.05, 0.1) is 0 Å². The smallest absolute Gasteiger partial charge is 0.352 e. The highest BCUT2D eigenvalue weighted by Crippen LogP contribution is 2.40. The topological polar surface area (TPSA) is 211 Å². The summed E-state index contributed by atoms with van der Waals surface area (Å²) in [7, 11) is 0. The van der Waals surface area contributed by atoms with Crippen LogP contribution in [0.1, 0.15) is 12.6 Å². The van der Waals surface area contributed by atoms with Crippen LogP contribution in [0.5, 0.6) is 0 Å². The molecule has 0 aliphatic carbocycles. The molecule has 0 radical (unpaired) electrons. The lowest BCUT2D eigenvalue weighted by Crippen LogP contribution is -2.71. The van der Waals surface area contributed by atoms with Crippen molar-refractivity contribution in [1.29, 1.82) is 0 Å². The van der Waals surface area contributed by atoms with E-state index in [0.29, 0.717) is 0 Å². The van der Waals surface area contributed by atoms with E-state index in [-0.39, 0.29) is 34.5 Å². The van der Waals surface area contributed by atoms with Gasteiger partial charge >= 0.3 is 17.9 Å². The van der Waals surface area contributed by atoms with Crippen molar-refractivity contribution in [3.63, 3.8) is 0 Å². The summed E-state index contributed by atoms with van der Waals surface area (Å²) >= 11 is 2.18. The largest absolute Gasteiger partial charge is 0.479 e. The number of thioether (sulfide) groups is 1. The van der Waals surface area contributed by atoms with Gasteiger partial charge in [-0.05, 0) is 0 Å². The number of thiazole rings is 1. The first kappa shape index (κ1) is 24.0. The average molecular weight is 499 g/mol. The first-order chi connectivity index (χ1) is 15.6. The van der Waals surface area contributed by atoms with Gasteiger partial charge in [0.1, 0.15) is 29.4 Å². The van der Waals surface area contributed by atoms with Crippen LogP contribution in [0, 0.1) is 0 Å². The Balaban J connectivity index is 1.78. The van der Waals surface area contributed by atoms with Gasteiger partial charge in [-0.15, -0.1) is 23.1 Å². The van der Waals surface area contributed by atoms with Crippen molar-refractivity contribution in [1.82, 2.24) is 15.2 Å². The second-order valence-corrected chi connectivity index (χ2v) is 8.57. The molecule has 0 aromatic carbocycles. The Hall–Kier alpha value is -3.66. The third-order valence-corrected chi connectivity index (χ3v) is 6.32. The molecule has 16 heteroatoms. The zero-order valence-corrected chi connectivity index (χ0v) is 18.5. The number of nitrogen functional groups attached to an aromatic ring is 1. The Kier molecular flexibility index (Phi) is 7.17. The predicted octanol–water partition coefficient (Wildman–Crippen LogP) is -1.17. The number of fused-ring (bicyclic) bond motifs is 1. The van der Waals surface area contributed by atoms with Crippen molar-refractivity contribution in [2.45, 2.75) is 18.3 Å². The van der Waals surface area contributed by atoms with E-state index in [0.717, 1.165) is 16.2 Å². The third kappa shape index (κ3) is 5.23. The molecule has 0 spiro atoms. The molecule has 1 aromatic heterocycles. The SMILES string of the molecule is CC(=O)OCC1=C(C(=O)O)N2C(=O)C(NC(=O)/C(=N\OCC(=O)O)c3csc(N)n3)[C@H]2SC1. The van der Waals surface area contributed by atoms with Crippen molar-refractivity contribution in [3.8, 4) is 0 Å². The van der Waals surface area contributed by atoms with Crippen molar-refractivity contribution in [3.05, 3.63) is 22.3 Å². The van der Waals surface area contributed by atoms with Crippen LogP contribution in [0.15, 0.2) is 21.8 Å².